The third-order valence-electron chi connectivity index (χ3n) is 7.54. The van der Waals surface area contributed by atoms with Gasteiger partial charge >= 0.3 is 198 Å². The fraction of sp³-hybridized carbons (Fsp3) is 0.500. The predicted octanol–water partition coefficient (Wildman–Crippen LogP) is 2.15. The number of likely N-dealkylation sites (tertiary alicyclic amines) is 1. The van der Waals surface area contributed by atoms with Gasteiger partial charge < -0.3 is 10.0 Å². The van der Waals surface area contributed by atoms with Gasteiger partial charge in [0.05, 0.1) is 6.61 Å². The molecule has 1 saturated carbocycles. The van der Waals surface area contributed by atoms with Crippen molar-refractivity contribution in [1.29, 1.82) is 0 Å². The van der Waals surface area contributed by atoms with Crippen LogP contribution in [0.2, 0.25) is 0 Å². The van der Waals surface area contributed by atoms with E-state index in [1.54, 1.807) is 0 Å². The Morgan fingerprint density at radius 1 is 1.26 bits per heavy atom. The van der Waals surface area contributed by atoms with Crippen LogP contribution in [0.3, 0.4) is 0 Å². The summed E-state index contributed by atoms with van der Waals surface area (Å²) in [5, 5.41) is 13.9. The van der Waals surface area contributed by atoms with Crippen molar-refractivity contribution in [3.8, 4) is 0 Å². The summed E-state index contributed by atoms with van der Waals surface area (Å²) in [7, 11) is 0. The number of rotatable bonds is 7. The summed E-state index contributed by atoms with van der Waals surface area (Å²) in [6.07, 6.45) is 14.1. The molecule has 1 aromatic carbocycles. The van der Waals surface area contributed by atoms with Gasteiger partial charge in [0, 0.05) is 6.54 Å². The molecule has 5 rings (SSSR count). The number of β-amino-alcohol motifs (C(OH)–C–C–N with tert-alkyl or cyclic N) is 1. The molecule has 188 valence electrons. The summed E-state index contributed by atoms with van der Waals surface area (Å²) in [6, 6.07) is 6.24. The minimum absolute atomic E-state index is 0.229. The monoisotopic (exact) mass is 651 g/mol. The maximum absolute atomic E-state index is 13.2. The first kappa shape index (κ1) is 25.4. The molecule has 2 unspecified atom stereocenters. The van der Waals surface area contributed by atoms with E-state index in [2.05, 4.69) is 51.2 Å². The molecule has 1 aromatic rings. The SMILES string of the molecule is O=C1[I-]c2cc(Br)ccc2/C1=C1/CC2=CC=CCC2/C1=N\OCCCC1CCCN(CCO)CC1. The number of aliphatic hydroxyl groups excluding tert-OH is 1. The van der Waals surface area contributed by atoms with Crippen LogP contribution in [0.1, 0.15) is 50.5 Å². The van der Waals surface area contributed by atoms with Crippen molar-refractivity contribution in [2.45, 2.75) is 44.9 Å². The average Bonchev–Trinajstić information content (AvgIpc) is 3.27. The van der Waals surface area contributed by atoms with E-state index in [9.17, 15) is 9.90 Å². The molecule has 1 saturated heterocycles. The minimum atomic E-state index is -0.668. The molecule has 2 aliphatic heterocycles. The quantitative estimate of drug-likeness (QED) is 0.162. The van der Waals surface area contributed by atoms with Crippen molar-refractivity contribution >= 4 is 31.0 Å². The predicted molar refractivity (Wildman–Crippen MR) is 138 cm³/mol. The van der Waals surface area contributed by atoms with E-state index >= 15 is 0 Å². The molecule has 35 heavy (non-hydrogen) atoms. The Bertz CT molecular complexity index is 1090. The topological polar surface area (TPSA) is 62.1 Å². The van der Waals surface area contributed by atoms with Crippen LogP contribution in [-0.2, 0) is 9.63 Å². The summed E-state index contributed by atoms with van der Waals surface area (Å²) in [5.41, 5.74) is 5.40. The average molecular weight is 652 g/mol. The first-order valence-corrected chi connectivity index (χ1v) is 15.7. The third-order valence-corrected chi connectivity index (χ3v) is 10.5. The van der Waals surface area contributed by atoms with Crippen LogP contribution in [0.4, 0.5) is 0 Å². The third kappa shape index (κ3) is 5.84. The number of allylic oxidation sites excluding steroid dienone is 6. The molecular weight excluding hydrogens is 619 g/mol. The van der Waals surface area contributed by atoms with Crippen LogP contribution in [-0.4, -0.2) is 52.4 Å². The number of carbonyl (C=O) groups excluding carboxylic acids is 1. The summed E-state index contributed by atoms with van der Waals surface area (Å²) in [5.74, 6) is 0.959. The van der Waals surface area contributed by atoms with E-state index in [1.807, 2.05) is 6.07 Å². The fourth-order valence-electron chi connectivity index (χ4n) is 5.71. The van der Waals surface area contributed by atoms with E-state index < -0.39 is 21.2 Å². The Labute approximate surface area is 226 Å². The first-order chi connectivity index (χ1) is 17.1. The van der Waals surface area contributed by atoms with Gasteiger partial charge in [-0.1, -0.05) is 0 Å². The number of benzene rings is 1. The Morgan fingerprint density at radius 3 is 3.06 bits per heavy atom. The second-order valence-corrected chi connectivity index (χ2v) is 13.4. The molecule has 0 aromatic heterocycles. The van der Waals surface area contributed by atoms with Crippen LogP contribution in [0.25, 0.3) is 5.57 Å². The maximum atomic E-state index is 13.2. The molecule has 2 atom stereocenters. The number of nitrogens with zero attached hydrogens (tertiary/aromatic N) is 2. The Kier molecular flexibility index (Phi) is 8.58. The van der Waals surface area contributed by atoms with Gasteiger partial charge in [-0.3, -0.25) is 0 Å². The fourth-order valence-corrected chi connectivity index (χ4v) is 9.14. The number of aliphatic hydroxyl groups is 1. The van der Waals surface area contributed by atoms with Crippen molar-refractivity contribution in [3.05, 3.63) is 61.2 Å². The zero-order valence-electron chi connectivity index (χ0n) is 20.0. The van der Waals surface area contributed by atoms with E-state index in [0.717, 1.165) is 78.1 Å². The second-order valence-electron chi connectivity index (χ2n) is 9.79. The van der Waals surface area contributed by atoms with E-state index in [1.165, 1.54) is 28.4 Å². The Hall–Kier alpha value is -1.29. The summed E-state index contributed by atoms with van der Waals surface area (Å²) in [4.78, 5) is 21.5. The van der Waals surface area contributed by atoms with Crippen molar-refractivity contribution in [2.24, 2.45) is 17.0 Å². The van der Waals surface area contributed by atoms with E-state index in [-0.39, 0.29) is 12.5 Å². The number of hydrogen-bond donors (Lipinski definition) is 1. The van der Waals surface area contributed by atoms with Gasteiger partial charge in [-0.05, 0) is 6.54 Å². The van der Waals surface area contributed by atoms with Crippen molar-refractivity contribution < 1.29 is 35.9 Å². The number of carbonyl (C=O) groups is 1. The molecule has 0 amide bonds. The van der Waals surface area contributed by atoms with Gasteiger partial charge in [-0.25, -0.2) is 0 Å². The molecule has 2 fully saturated rings. The van der Waals surface area contributed by atoms with Gasteiger partial charge in [0.25, 0.3) is 0 Å². The van der Waals surface area contributed by atoms with Gasteiger partial charge in [0.1, 0.15) is 0 Å². The molecule has 4 aliphatic rings. The first-order valence-electron chi connectivity index (χ1n) is 12.7. The van der Waals surface area contributed by atoms with Crippen molar-refractivity contribution in [1.82, 2.24) is 4.90 Å². The number of hydrogen-bond acceptors (Lipinski definition) is 5. The van der Waals surface area contributed by atoms with Crippen LogP contribution >= 0.6 is 15.9 Å². The number of fused-ring (bicyclic) bond motifs is 2. The molecule has 2 heterocycles. The van der Waals surface area contributed by atoms with Gasteiger partial charge in [-0.2, -0.15) is 0 Å². The van der Waals surface area contributed by atoms with Crippen molar-refractivity contribution in [3.63, 3.8) is 0 Å². The summed E-state index contributed by atoms with van der Waals surface area (Å²) < 4.78 is 2.54. The van der Waals surface area contributed by atoms with Crippen LogP contribution in [0, 0.1) is 15.4 Å². The molecule has 1 N–H and O–H groups in total. The van der Waals surface area contributed by atoms with E-state index in [4.69, 9.17) is 9.99 Å². The van der Waals surface area contributed by atoms with Crippen molar-refractivity contribution in [2.75, 3.05) is 32.8 Å². The summed E-state index contributed by atoms with van der Waals surface area (Å²) >= 11 is 2.89. The van der Waals surface area contributed by atoms with Gasteiger partial charge in [0.2, 0.25) is 0 Å². The molecule has 0 radical (unpaired) electrons. The van der Waals surface area contributed by atoms with E-state index in [0.29, 0.717) is 10.4 Å². The summed E-state index contributed by atoms with van der Waals surface area (Å²) in [6.45, 7) is 3.86. The zero-order chi connectivity index (χ0) is 24.2. The Balaban J connectivity index is 1.27. The normalized spacial score (nSPS) is 27.9. The Morgan fingerprint density at radius 2 is 2.17 bits per heavy atom. The second kappa shape index (κ2) is 11.8. The standard InChI is InChI=1S/C28H33BrIN2O3/c29-21-9-10-23-25(18-21)30-28(34)26(23)24-17-20-7-1-2-8-22(20)27(24)31-35-16-4-6-19-5-3-12-32(13-11-19)14-15-33/h1-2,7,9-10,18-19,22,33H,3-6,8,11-17H2/q-1/b26-24+,31-27+. The van der Waals surface area contributed by atoms with Crippen LogP contribution in [0.15, 0.2) is 57.2 Å². The zero-order valence-corrected chi connectivity index (χ0v) is 23.8. The molecule has 5 nitrogen and oxygen atoms in total. The van der Waals surface area contributed by atoms with Crippen LogP contribution < -0.4 is 21.2 Å². The number of oxime groups is 1. The molecule has 0 spiro atoms. The molecule has 0 bridgehead atoms. The van der Waals surface area contributed by atoms with Crippen LogP contribution in [0.5, 0.6) is 0 Å². The molecule has 2 aliphatic carbocycles. The molecular formula is C28H33BrIN2O3-. The number of halogens is 2. The van der Waals surface area contributed by atoms with Gasteiger partial charge in [0.15, 0.2) is 0 Å². The van der Waals surface area contributed by atoms with Gasteiger partial charge in [-0.15, -0.1) is 0 Å². The molecule has 7 heteroatoms.